The quantitative estimate of drug-likeness (QED) is 0.827. The molecule has 0 aliphatic heterocycles. The molecule has 0 saturated carbocycles. The molecule has 1 aromatic heterocycles. The first-order valence-electron chi connectivity index (χ1n) is 5.51. The highest BCUT2D eigenvalue weighted by molar-refractivity contribution is 7.98. The first kappa shape index (κ1) is 12.6. The van der Waals surface area contributed by atoms with Crippen LogP contribution in [0, 0.1) is 0 Å². The maximum Gasteiger partial charge on any atom is 0.251 e. The minimum absolute atomic E-state index is 0.119. The predicted molar refractivity (Wildman–Crippen MR) is 70.5 cm³/mol. The lowest BCUT2D eigenvalue weighted by atomic mass is 10.2. The van der Waals surface area contributed by atoms with E-state index in [1.165, 1.54) is 6.33 Å². The minimum Gasteiger partial charge on any atom is -0.342 e. The number of thioether (sulfide) groups is 1. The SMILES string of the molecule is CSc1ccc(C(=O)NC(C)c2ncn[nH]2)cc1. The van der Waals surface area contributed by atoms with Crippen molar-refractivity contribution in [1.82, 2.24) is 20.5 Å². The molecule has 0 saturated heterocycles. The second-order valence-electron chi connectivity index (χ2n) is 3.79. The number of rotatable bonds is 4. The number of benzene rings is 1. The average Bonchev–Trinajstić information content (AvgIpc) is 2.92. The molecule has 2 rings (SSSR count). The van der Waals surface area contributed by atoms with Gasteiger partial charge in [0.25, 0.3) is 5.91 Å². The molecule has 94 valence electrons. The second-order valence-corrected chi connectivity index (χ2v) is 4.67. The van der Waals surface area contributed by atoms with Crippen LogP contribution in [0.5, 0.6) is 0 Å². The van der Waals surface area contributed by atoms with E-state index < -0.39 is 0 Å². The van der Waals surface area contributed by atoms with Gasteiger partial charge in [0.05, 0.1) is 6.04 Å². The summed E-state index contributed by atoms with van der Waals surface area (Å²) in [4.78, 5) is 17.1. The Balaban J connectivity index is 2.03. The van der Waals surface area contributed by atoms with E-state index in [9.17, 15) is 4.79 Å². The van der Waals surface area contributed by atoms with Gasteiger partial charge in [0.1, 0.15) is 12.2 Å². The summed E-state index contributed by atoms with van der Waals surface area (Å²) in [6, 6.07) is 7.29. The molecule has 2 N–H and O–H groups in total. The summed E-state index contributed by atoms with van der Waals surface area (Å²) >= 11 is 1.65. The van der Waals surface area contributed by atoms with E-state index in [2.05, 4.69) is 20.5 Å². The van der Waals surface area contributed by atoms with Crippen molar-refractivity contribution < 1.29 is 4.79 Å². The zero-order valence-corrected chi connectivity index (χ0v) is 11.0. The van der Waals surface area contributed by atoms with Crippen LogP contribution in [0.3, 0.4) is 0 Å². The molecule has 0 bridgehead atoms. The molecule has 5 nitrogen and oxygen atoms in total. The number of aromatic amines is 1. The van der Waals surface area contributed by atoms with Gasteiger partial charge in [-0.05, 0) is 37.4 Å². The zero-order valence-electron chi connectivity index (χ0n) is 10.2. The summed E-state index contributed by atoms with van der Waals surface area (Å²) in [7, 11) is 0. The van der Waals surface area contributed by atoms with E-state index in [1.54, 1.807) is 11.8 Å². The normalized spacial score (nSPS) is 12.1. The Hall–Kier alpha value is -1.82. The molecule has 0 fully saturated rings. The first-order valence-corrected chi connectivity index (χ1v) is 6.73. The van der Waals surface area contributed by atoms with Crippen molar-refractivity contribution in [2.24, 2.45) is 0 Å². The molecule has 1 unspecified atom stereocenters. The van der Waals surface area contributed by atoms with Crippen LogP contribution >= 0.6 is 11.8 Å². The van der Waals surface area contributed by atoms with Crippen molar-refractivity contribution in [2.75, 3.05) is 6.26 Å². The Kier molecular flexibility index (Phi) is 3.99. The van der Waals surface area contributed by atoms with Gasteiger partial charge in [-0.3, -0.25) is 9.89 Å². The van der Waals surface area contributed by atoms with Gasteiger partial charge in [-0.2, -0.15) is 5.10 Å². The molecule has 1 aromatic carbocycles. The van der Waals surface area contributed by atoms with Gasteiger partial charge in [0.15, 0.2) is 0 Å². The fraction of sp³-hybridized carbons (Fsp3) is 0.250. The second kappa shape index (κ2) is 5.68. The number of carbonyl (C=O) groups excluding carboxylic acids is 1. The van der Waals surface area contributed by atoms with Crippen LogP contribution in [0.2, 0.25) is 0 Å². The van der Waals surface area contributed by atoms with Crippen LogP contribution in [0.1, 0.15) is 29.1 Å². The van der Waals surface area contributed by atoms with Gasteiger partial charge in [0.2, 0.25) is 0 Å². The smallest absolute Gasteiger partial charge is 0.251 e. The first-order chi connectivity index (χ1) is 8.70. The number of nitrogens with one attached hydrogen (secondary N) is 2. The van der Waals surface area contributed by atoms with Crippen molar-refractivity contribution >= 4 is 17.7 Å². The Morgan fingerprint density at radius 2 is 2.11 bits per heavy atom. The summed E-state index contributed by atoms with van der Waals surface area (Å²) < 4.78 is 0. The third-order valence-corrected chi connectivity index (χ3v) is 3.29. The highest BCUT2D eigenvalue weighted by Crippen LogP contribution is 2.15. The van der Waals surface area contributed by atoms with Crippen LogP contribution in [-0.2, 0) is 0 Å². The summed E-state index contributed by atoms with van der Waals surface area (Å²) in [5.74, 6) is 0.524. The fourth-order valence-corrected chi connectivity index (χ4v) is 1.92. The Bertz CT molecular complexity index is 509. The van der Waals surface area contributed by atoms with E-state index in [-0.39, 0.29) is 11.9 Å². The summed E-state index contributed by atoms with van der Waals surface area (Å²) in [5, 5.41) is 9.35. The average molecular weight is 262 g/mol. The monoisotopic (exact) mass is 262 g/mol. The van der Waals surface area contributed by atoms with E-state index in [1.807, 2.05) is 37.4 Å². The zero-order chi connectivity index (χ0) is 13.0. The molecule has 0 spiro atoms. The van der Waals surface area contributed by atoms with Crippen LogP contribution in [0.15, 0.2) is 35.5 Å². The lowest BCUT2D eigenvalue weighted by Crippen LogP contribution is -2.27. The number of hydrogen-bond acceptors (Lipinski definition) is 4. The lowest BCUT2D eigenvalue weighted by Gasteiger charge is -2.11. The van der Waals surface area contributed by atoms with Crippen molar-refractivity contribution in [3.63, 3.8) is 0 Å². The fourth-order valence-electron chi connectivity index (χ4n) is 1.51. The number of nitrogens with zero attached hydrogens (tertiary/aromatic N) is 2. The highest BCUT2D eigenvalue weighted by atomic mass is 32.2. The molecular weight excluding hydrogens is 248 g/mol. The van der Waals surface area contributed by atoms with Gasteiger partial charge >= 0.3 is 0 Å². The van der Waals surface area contributed by atoms with E-state index in [4.69, 9.17) is 0 Å². The van der Waals surface area contributed by atoms with Crippen molar-refractivity contribution in [3.05, 3.63) is 42.0 Å². The molecule has 1 amide bonds. The van der Waals surface area contributed by atoms with Crippen LogP contribution < -0.4 is 5.32 Å². The number of aromatic nitrogens is 3. The molecule has 1 atom stereocenters. The Labute approximate surface area is 109 Å². The predicted octanol–water partition coefficient (Wildman–Crippen LogP) is 2.02. The summed E-state index contributed by atoms with van der Waals surface area (Å²) in [5.41, 5.74) is 0.638. The Morgan fingerprint density at radius 3 is 2.67 bits per heavy atom. The topological polar surface area (TPSA) is 70.7 Å². The summed E-state index contributed by atoms with van der Waals surface area (Å²) in [6.07, 6.45) is 3.42. The molecule has 0 aliphatic carbocycles. The third kappa shape index (κ3) is 2.89. The van der Waals surface area contributed by atoms with Crippen molar-refractivity contribution in [1.29, 1.82) is 0 Å². The van der Waals surface area contributed by atoms with Crippen LogP contribution in [-0.4, -0.2) is 27.3 Å². The van der Waals surface area contributed by atoms with E-state index in [0.717, 1.165) is 4.90 Å². The molecule has 2 aromatic rings. The van der Waals surface area contributed by atoms with E-state index in [0.29, 0.717) is 11.4 Å². The van der Waals surface area contributed by atoms with Crippen molar-refractivity contribution in [3.8, 4) is 0 Å². The third-order valence-electron chi connectivity index (χ3n) is 2.54. The Morgan fingerprint density at radius 1 is 1.39 bits per heavy atom. The van der Waals surface area contributed by atoms with Gasteiger partial charge < -0.3 is 5.32 Å². The number of carbonyl (C=O) groups is 1. The molecule has 6 heteroatoms. The van der Waals surface area contributed by atoms with E-state index >= 15 is 0 Å². The van der Waals surface area contributed by atoms with Gasteiger partial charge in [-0.1, -0.05) is 0 Å². The number of H-pyrrole nitrogens is 1. The van der Waals surface area contributed by atoms with Crippen LogP contribution in [0.4, 0.5) is 0 Å². The molecule has 0 aliphatic rings. The maximum atomic E-state index is 12.0. The number of hydrogen-bond donors (Lipinski definition) is 2. The number of amides is 1. The molecule has 1 heterocycles. The largest absolute Gasteiger partial charge is 0.342 e. The van der Waals surface area contributed by atoms with Gasteiger partial charge in [-0.25, -0.2) is 4.98 Å². The molecule has 18 heavy (non-hydrogen) atoms. The molecule has 0 radical (unpaired) electrons. The van der Waals surface area contributed by atoms with Gasteiger partial charge in [-0.15, -0.1) is 11.8 Å². The highest BCUT2D eigenvalue weighted by Gasteiger charge is 2.13. The molecular formula is C12H14N4OS. The lowest BCUT2D eigenvalue weighted by molar-refractivity contribution is 0.0938. The summed E-state index contributed by atoms with van der Waals surface area (Å²) in [6.45, 7) is 1.86. The van der Waals surface area contributed by atoms with Crippen molar-refractivity contribution in [2.45, 2.75) is 17.9 Å². The maximum absolute atomic E-state index is 12.0. The van der Waals surface area contributed by atoms with Crippen LogP contribution in [0.25, 0.3) is 0 Å². The minimum atomic E-state index is -0.194. The van der Waals surface area contributed by atoms with Gasteiger partial charge in [0, 0.05) is 10.5 Å². The standard InChI is InChI=1S/C12H14N4OS/c1-8(11-13-7-14-16-11)15-12(17)9-3-5-10(18-2)6-4-9/h3-8H,1-2H3,(H,15,17)(H,13,14,16).